The number of nitrogens with one attached hydrogen (secondary N) is 4. The third-order valence-corrected chi connectivity index (χ3v) is 0.707. The summed E-state index contributed by atoms with van der Waals surface area (Å²) >= 11 is 0. The first kappa shape index (κ1) is 29.8. The lowest BCUT2D eigenvalue weighted by molar-refractivity contribution is 0.309. The number of rotatable bonds is 2. The van der Waals surface area contributed by atoms with Crippen molar-refractivity contribution in [3.05, 3.63) is 0 Å². The molecule has 80 valence electrons. The molecule has 0 spiro atoms. The second kappa shape index (κ2) is 316. The van der Waals surface area contributed by atoms with Crippen molar-refractivity contribution in [2.75, 3.05) is 14.2 Å². The maximum absolute atomic E-state index is 5.50. The smallest absolute Gasteiger partial charge is 0.303 e. The molecular weight excluding hydrogens is 188 g/mol. The molecule has 0 aromatic carbocycles. The molecule has 6 nitrogen and oxygen atoms in total. The molecule has 0 saturated carbocycles. The van der Waals surface area contributed by atoms with Crippen molar-refractivity contribution in [2.24, 2.45) is 0 Å². The molecule has 13 heavy (non-hydrogen) atoms. The molecule has 4 N–H and O–H groups in total. The molecular formula is C6H20N4O2Si. The minimum absolute atomic E-state index is 0.568. The second-order valence-corrected chi connectivity index (χ2v) is 2.09. The van der Waals surface area contributed by atoms with Crippen molar-refractivity contribution in [2.45, 2.75) is 0 Å². The lowest BCUT2D eigenvalue weighted by Gasteiger charge is -1.86. The van der Waals surface area contributed by atoms with Gasteiger partial charge in [-0.15, -0.1) is 0 Å². The van der Waals surface area contributed by atoms with Crippen molar-refractivity contribution in [3.63, 3.8) is 0 Å². The van der Waals surface area contributed by atoms with E-state index in [0.717, 1.165) is 0 Å². The Hall–Kier alpha value is -1.18. The van der Waals surface area contributed by atoms with Crippen LogP contribution in [0.15, 0.2) is 0 Å². The zero-order valence-electron chi connectivity index (χ0n) is 8.35. The van der Waals surface area contributed by atoms with Crippen LogP contribution >= 0.6 is 0 Å². The molecule has 0 aliphatic carbocycles. The van der Waals surface area contributed by atoms with Gasteiger partial charge in [0.05, 0.1) is 0 Å². The van der Waals surface area contributed by atoms with Crippen LogP contribution in [-0.4, -0.2) is 51.1 Å². The zero-order valence-corrected chi connectivity index (χ0v) is 9.77. The van der Waals surface area contributed by atoms with E-state index in [-0.39, 0.29) is 0 Å². The molecule has 0 radical (unpaired) electrons. The minimum atomic E-state index is -0.568. The van der Waals surface area contributed by atoms with Gasteiger partial charge in [-0.3, -0.25) is 0 Å². The van der Waals surface area contributed by atoms with Crippen LogP contribution in [0.5, 0.6) is 0 Å². The molecule has 0 aromatic heterocycles. The summed E-state index contributed by atoms with van der Waals surface area (Å²) in [4.78, 5) is 0. The van der Waals surface area contributed by atoms with E-state index < -0.39 is 10.0 Å². The van der Waals surface area contributed by atoms with Crippen molar-refractivity contribution in [1.82, 2.24) is 0 Å². The molecule has 0 aromatic rings. The third-order valence-electron chi connectivity index (χ3n) is 0.236. The molecule has 7 heteroatoms. The fourth-order valence-corrected chi connectivity index (χ4v) is 0.354. The first-order chi connectivity index (χ1) is 6.41. The minimum Gasteiger partial charge on any atom is -0.402 e. The number of hydrogen-bond acceptors (Lipinski definition) is 6. The zero-order chi connectivity index (χ0) is 12.1. The molecule has 0 amide bonds. The van der Waals surface area contributed by atoms with E-state index in [4.69, 9.17) is 21.6 Å². The second-order valence-electron chi connectivity index (χ2n) is 0.695. The molecule has 0 atom stereocenters. The highest BCUT2D eigenvalue weighted by Gasteiger charge is 1.67. The largest absolute Gasteiger partial charge is 0.402 e. The lowest BCUT2D eigenvalue weighted by Crippen LogP contribution is -1.93. The molecule has 0 rings (SSSR count). The Morgan fingerprint density at radius 1 is 0.692 bits per heavy atom. The van der Waals surface area contributed by atoms with Crippen LogP contribution in [-0.2, 0) is 8.85 Å². The average molecular weight is 208 g/mol. The molecule has 0 heterocycles. The summed E-state index contributed by atoms with van der Waals surface area (Å²) in [5.41, 5.74) is 0. The molecule has 0 fully saturated rings. The van der Waals surface area contributed by atoms with Gasteiger partial charge in [0.25, 0.3) is 0 Å². The van der Waals surface area contributed by atoms with E-state index in [1.54, 1.807) is 14.2 Å². The van der Waals surface area contributed by atoms with Gasteiger partial charge in [0.15, 0.2) is 0 Å². The average Bonchev–Trinajstić information content (AvgIpc) is 2.30. The summed E-state index contributed by atoms with van der Waals surface area (Å²) in [5.74, 6) is 0. The Labute approximate surface area is 82.4 Å². The van der Waals surface area contributed by atoms with Crippen LogP contribution in [0.1, 0.15) is 0 Å². The fraction of sp³-hybridized carbons (Fsp3) is 0.333. The molecule has 0 aliphatic heterocycles. The standard InChI is InChI=1S/C2H8O2Si.4CH3N/c1-3-5-4-2;4*1-2/h5H2,1-2H3;4*2H,1H2. The van der Waals surface area contributed by atoms with Crippen molar-refractivity contribution in [3.8, 4) is 0 Å². The maximum atomic E-state index is 5.50. The Balaban J connectivity index is -0.0000000230. The van der Waals surface area contributed by atoms with Gasteiger partial charge in [0.1, 0.15) is 0 Å². The van der Waals surface area contributed by atoms with Crippen LogP contribution in [0.25, 0.3) is 0 Å². The molecule has 0 aliphatic rings. The Morgan fingerprint density at radius 2 is 0.846 bits per heavy atom. The first-order valence-corrected chi connectivity index (χ1v) is 3.96. The summed E-state index contributed by atoms with van der Waals surface area (Å²) in [6.45, 7) is 10.0. The van der Waals surface area contributed by atoms with Gasteiger partial charge in [-0.2, -0.15) is 0 Å². The fourth-order valence-electron chi connectivity index (χ4n) is 0.118. The normalized spacial score (nSPS) is 4.46. The summed E-state index contributed by atoms with van der Waals surface area (Å²) in [6.07, 6.45) is 0. The highest BCUT2D eigenvalue weighted by Crippen LogP contribution is 1.55. The lowest BCUT2D eigenvalue weighted by atomic mass is 11.8. The van der Waals surface area contributed by atoms with Gasteiger partial charge in [-0.25, -0.2) is 0 Å². The quantitative estimate of drug-likeness (QED) is 0.387. The predicted molar refractivity (Wildman–Crippen MR) is 61.9 cm³/mol. The van der Waals surface area contributed by atoms with E-state index in [2.05, 4.69) is 35.7 Å². The van der Waals surface area contributed by atoms with Crippen molar-refractivity contribution in [1.29, 1.82) is 21.6 Å². The summed E-state index contributed by atoms with van der Waals surface area (Å²) < 4.78 is 9.22. The highest BCUT2D eigenvalue weighted by atomic mass is 28.3. The van der Waals surface area contributed by atoms with E-state index in [1.165, 1.54) is 0 Å². The monoisotopic (exact) mass is 208 g/mol. The van der Waals surface area contributed by atoms with E-state index in [0.29, 0.717) is 0 Å². The topological polar surface area (TPSA) is 114 Å². The van der Waals surface area contributed by atoms with Crippen molar-refractivity contribution < 1.29 is 8.85 Å². The Morgan fingerprint density at radius 3 is 0.846 bits per heavy atom. The van der Waals surface area contributed by atoms with Gasteiger partial charge >= 0.3 is 10.0 Å². The van der Waals surface area contributed by atoms with Gasteiger partial charge in [-0.05, 0) is 26.9 Å². The third kappa shape index (κ3) is 1260. The molecule has 0 saturated heterocycles. The van der Waals surface area contributed by atoms with E-state index >= 15 is 0 Å². The van der Waals surface area contributed by atoms with Gasteiger partial charge < -0.3 is 30.5 Å². The van der Waals surface area contributed by atoms with Gasteiger partial charge in [0.2, 0.25) is 0 Å². The van der Waals surface area contributed by atoms with Gasteiger partial charge in [-0.1, -0.05) is 0 Å². The van der Waals surface area contributed by atoms with Crippen LogP contribution in [0, 0.1) is 21.6 Å². The Kier molecular flexibility index (Phi) is 723. The maximum Gasteiger partial charge on any atom is 0.303 e. The van der Waals surface area contributed by atoms with Crippen LogP contribution in [0.3, 0.4) is 0 Å². The van der Waals surface area contributed by atoms with Crippen LogP contribution in [0.4, 0.5) is 0 Å². The highest BCUT2D eigenvalue weighted by molar-refractivity contribution is 6.17. The van der Waals surface area contributed by atoms with Crippen LogP contribution in [0.2, 0.25) is 0 Å². The number of hydrogen-bond donors (Lipinski definition) is 4. The van der Waals surface area contributed by atoms with E-state index in [9.17, 15) is 0 Å². The molecule has 0 unspecified atom stereocenters. The first-order valence-electron chi connectivity index (χ1n) is 2.81. The summed E-state index contributed by atoms with van der Waals surface area (Å²) in [6, 6.07) is 0. The predicted octanol–water partition coefficient (Wildman–Crippen LogP) is 0.341. The van der Waals surface area contributed by atoms with Crippen molar-refractivity contribution >= 4 is 36.9 Å². The molecule has 0 bridgehead atoms. The summed E-state index contributed by atoms with van der Waals surface area (Å²) in [7, 11) is 2.73. The van der Waals surface area contributed by atoms with Crippen LogP contribution < -0.4 is 0 Å². The van der Waals surface area contributed by atoms with E-state index in [1.807, 2.05) is 0 Å². The Bertz CT molecular complexity index is 51.9. The van der Waals surface area contributed by atoms with Gasteiger partial charge in [0, 0.05) is 14.2 Å². The summed E-state index contributed by atoms with van der Waals surface area (Å²) in [5, 5.41) is 22.0. The SMILES string of the molecule is C=N.C=N.C=N.C=N.CO[SiH2]OC.